The Hall–Kier alpha value is -2.83. The summed E-state index contributed by atoms with van der Waals surface area (Å²) in [7, 11) is 0. The highest BCUT2D eigenvalue weighted by molar-refractivity contribution is 5.64. The van der Waals surface area contributed by atoms with Crippen molar-refractivity contribution in [2.24, 2.45) is 0 Å². The number of nitrogens with one attached hydrogen (secondary N) is 2. The van der Waals surface area contributed by atoms with Crippen LogP contribution in [0.25, 0.3) is 0 Å². The van der Waals surface area contributed by atoms with E-state index in [9.17, 15) is 9.90 Å². The lowest BCUT2D eigenvalue weighted by Crippen LogP contribution is -2.33. The number of imidazole rings is 2. The van der Waals surface area contributed by atoms with E-state index < -0.39 is 6.09 Å². The normalized spacial score (nSPS) is 13.1. The summed E-state index contributed by atoms with van der Waals surface area (Å²) >= 11 is 0. The number of carbonyl (C=O) groups is 1. The lowest BCUT2D eigenvalue weighted by atomic mass is 9.96. The first kappa shape index (κ1) is 19.5. The average Bonchev–Trinajstić information content (AvgIpc) is 3.32. The number of nitrogens with zero attached hydrogens (tertiary/aromatic N) is 3. The van der Waals surface area contributed by atoms with Gasteiger partial charge in [-0.3, -0.25) is 0 Å². The maximum atomic E-state index is 11.7. The van der Waals surface area contributed by atoms with Crippen LogP contribution in [0.15, 0.2) is 50.4 Å². The summed E-state index contributed by atoms with van der Waals surface area (Å²) in [6.45, 7) is 8.51. The molecule has 0 spiro atoms. The van der Waals surface area contributed by atoms with Crippen LogP contribution in [0.1, 0.15) is 48.9 Å². The van der Waals surface area contributed by atoms with Crippen LogP contribution in [-0.2, 0) is 0 Å². The van der Waals surface area contributed by atoms with Crippen molar-refractivity contribution in [3.05, 3.63) is 61.7 Å². The second-order valence-electron chi connectivity index (χ2n) is 6.28. The molecule has 140 valence electrons. The number of aromatic amines is 2. The largest absolute Gasteiger partial charge is 0.465 e. The lowest BCUT2D eigenvalue weighted by Gasteiger charge is -2.23. The van der Waals surface area contributed by atoms with Crippen molar-refractivity contribution in [2.75, 3.05) is 13.1 Å². The summed E-state index contributed by atoms with van der Waals surface area (Å²) in [5.41, 5.74) is 1.88. The first-order chi connectivity index (χ1) is 12.7. The lowest BCUT2D eigenvalue weighted by molar-refractivity contribution is 0.141. The Kier molecular flexibility index (Phi) is 7.67. The van der Waals surface area contributed by atoms with Gasteiger partial charge in [-0.2, -0.15) is 0 Å². The highest BCUT2D eigenvalue weighted by Crippen LogP contribution is 2.24. The zero-order valence-electron chi connectivity index (χ0n) is 15.0. The summed E-state index contributed by atoms with van der Waals surface area (Å²) in [5.74, 6) is 0.326. The van der Waals surface area contributed by atoms with Gasteiger partial charge in [-0.05, 0) is 25.7 Å². The van der Waals surface area contributed by atoms with Crippen LogP contribution in [0.3, 0.4) is 0 Å². The van der Waals surface area contributed by atoms with Gasteiger partial charge in [0.25, 0.3) is 0 Å². The Morgan fingerprint density at radius 1 is 1.04 bits per heavy atom. The predicted molar refractivity (Wildman–Crippen MR) is 101 cm³/mol. The number of allylic oxidation sites excluding steroid dienone is 2. The van der Waals surface area contributed by atoms with E-state index in [-0.39, 0.29) is 11.8 Å². The minimum absolute atomic E-state index is 0.163. The molecule has 0 fully saturated rings. The Labute approximate surface area is 153 Å². The van der Waals surface area contributed by atoms with E-state index >= 15 is 0 Å². The van der Waals surface area contributed by atoms with Gasteiger partial charge in [0.2, 0.25) is 0 Å². The Bertz CT molecular complexity index is 614. The fourth-order valence-corrected chi connectivity index (χ4v) is 3.09. The van der Waals surface area contributed by atoms with Crippen LogP contribution in [0.5, 0.6) is 0 Å². The highest BCUT2D eigenvalue weighted by Gasteiger charge is 2.20. The van der Waals surface area contributed by atoms with Gasteiger partial charge in [0, 0.05) is 37.3 Å². The fourth-order valence-electron chi connectivity index (χ4n) is 3.09. The van der Waals surface area contributed by atoms with E-state index in [4.69, 9.17) is 0 Å². The van der Waals surface area contributed by atoms with Crippen molar-refractivity contribution in [3.8, 4) is 0 Å². The summed E-state index contributed by atoms with van der Waals surface area (Å²) < 4.78 is 0. The molecule has 2 aromatic heterocycles. The smallest absolute Gasteiger partial charge is 0.407 e. The molecule has 2 unspecified atom stereocenters. The fraction of sp³-hybridized carbons (Fsp3) is 0.421. The average molecular weight is 357 g/mol. The zero-order chi connectivity index (χ0) is 18.8. The van der Waals surface area contributed by atoms with Gasteiger partial charge in [-0.15, -0.1) is 13.2 Å². The third-order valence-corrected chi connectivity index (χ3v) is 4.54. The molecule has 7 heteroatoms. The van der Waals surface area contributed by atoms with E-state index in [1.54, 1.807) is 12.7 Å². The first-order valence-electron chi connectivity index (χ1n) is 8.82. The molecule has 0 aliphatic heterocycles. The number of carboxylic acid groups (broad SMARTS) is 1. The quantitative estimate of drug-likeness (QED) is 0.502. The third kappa shape index (κ3) is 5.61. The van der Waals surface area contributed by atoms with Crippen molar-refractivity contribution >= 4 is 6.09 Å². The molecule has 26 heavy (non-hydrogen) atoms. The molecule has 0 aromatic carbocycles. The number of aromatic nitrogens is 4. The van der Waals surface area contributed by atoms with Crippen molar-refractivity contribution in [1.29, 1.82) is 0 Å². The summed E-state index contributed by atoms with van der Waals surface area (Å²) in [6.07, 6.45) is 12.8. The third-order valence-electron chi connectivity index (χ3n) is 4.54. The SMILES string of the molecule is C=CCC(CCN(CCC(CC=C)c1c[nH]cn1)C(=O)O)c1c[nH]cn1. The molecular formula is C19H27N5O2. The number of rotatable bonds is 12. The van der Waals surface area contributed by atoms with E-state index in [2.05, 4.69) is 33.1 Å². The Morgan fingerprint density at radius 3 is 1.81 bits per heavy atom. The number of hydrogen-bond acceptors (Lipinski definition) is 3. The van der Waals surface area contributed by atoms with Gasteiger partial charge in [-0.25, -0.2) is 14.8 Å². The molecule has 7 nitrogen and oxygen atoms in total. The Morgan fingerprint density at radius 2 is 1.50 bits per heavy atom. The molecular weight excluding hydrogens is 330 g/mol. The topological polar surface area (TPSA) is 97.9 Å². The van der Waals surface area contributed by atoms with Gasteiger partial charge in [0.1, 0.15) is 0 Å². The van der Waals surface area contributed by atoms with Gasteiger partial charge in [0.05, 0.1) is 24.0 Å². The van der Waals surface area contributed by atoms with E-state index in [1.807, 2.05) is 24.5 Å². The van der Waals surface area contributed by atoms with Crippen molar-refractivity contribution in [2.45, 2.75) is 37.5 Å². The summed E-state index contributed by atoms with van der Waals surface area (Å²) in [4.78, 5) is 27.6. The number of H-pyrrole nitrogens is 2. The van der Waals surface area contributed by atoms with Gasteiger partial charge < -0.3 is 20.0 Å². The van der Waals surface area contributed by atoms with Gasteiger partial charge >= 0.3 is 6.09 Å². The molecule has 2 aromatic rings. The molecule has 3 N–H and O–H groups in total. The van der Waals surface area contributed by atoms with E-state index in [1.165, 1.54) is 4.90 Å². The summed E-state index contributed by atoms with van der Waals surface area (Å²) in [5, 5.41) is 9.56. The van der Waals surface area contributed by atoms with Crippen LogP contribution < -0.4 is 0 Å². The standard InChI is InChI=1S/C19H27N5O2/c1-3-5-15(17-11-20-13-22-17)7-9-24(19(25)26)10-8-16(6-4-2)18-12-21-14-23-18/h3-4,11-16H,1-2,5-10H2,(H,20,22)(H,21,23)(H,25,26). The van der Waals surface area contributed by atoms with Gasteiger partial charge in [0.15, 0.2) is 0 Å². The van der Waals surface area contributed by atoms with Crippen LogP contribution in [0.2, 0.25) is 0 Å². The molecule has 0 aliphatic carbocycles. The zero-order valence-corrected chi connectivity index (χ0v) is 15.0. The first-order valence-corrected chi connectivity index (χ1v) is 8.82. The second-order valence-corrected chi connectivity index (χ2v) is 6.28. The van der Waals surface area contributed by atoms with Crippen LogP contribution in [0.4, 0.5) is 4.79 Å². The van der Waals surface area contributed by atoms with Crippen molar-refractivity contribution < 1.29 is 9.90 Å². The van der Waals surface area contributed by atoms with Crippen LogP contribution >= 0.6 is 0 Å². The van der Waals surface area contributed by atoms with Crippen molar-refractivity contribution in [3.63, 3.8) is 0 Å². The molecule has 2 atom stereocenters. The van der Waals surface area contributed by atoms with Gasteiger partial charge in [-0.1, -0.05) is 12.2 Å². The van der Waals surface area contributed by atoms with Crippen molar-refractivity contribution in [1.82, 2.24) is 24.8 Å². The molecule has 0 radical (unpaired) electrons. The molecule has 2 heterocycles. The van der Waals surface area contributed by atoms with Crippen LogP contribution in [0, 0.1) is 0 Å². The molecule has 0 aliphatic rings. The minimum atomic E-state index is -0.899. The number of hydrogen-bond donors (Lipinski definition) is 3. The highest BCUT2D eigenvalue weighted by atomic mass is 16.4. The second kappa shape index (κ2) is 10.2. The van der Waals surface area contributed by atoms with E-state index in [0.29, 0.717) is 25.9 Å². The minimum Gasteiger partial charge on any atom is -0.465 e. The monoisotopic (exact) mass is 357 g/mol. The molecule has 2 rings (SSSR count). The van der Waals surface area contributed by atoms with E-state index in [0.717, 1.165) is 24.2 Å². The molecule has 0 saturated heterocycles. The molecule has 1 amide bonds. The van der Waals surface area contributed by atoms with Crippen LogP contribution in [-0.4, -0.2) is 49.1 Å². The maximum Gasteiger partial charge on any atom is 0.407 e. The maximum absolute atomic E-state index is 11.7. The molecule has 0 bridgehead atoms. The Balaban J connectivity index is 1.94. The molecule has 0 saturated carbocycles. The summed E-state index contributed by atoms with van der Waals surface area (Å²) in [6, 6.07) is 0. The predicted octanol–water partition coefficient (Wildman–Crippen LogP) is 3.91. The number of amides is 1.